The highest BCUT2D eigenvalue weighted by molar-refractivity contribution is 5.81. The van der Waals surface area contributed by atoms with Gasteiger partial charge >= 0.3 is 5.69 Å². The van der Waals surface area contributed by atoms with Crippen LogP contribution in [0.15, 0.2) is 14.7 Å². The Balaban J connectivity index is 2.16. The van der Waals surface area contributed by atoms with Crippen LogP contribution < -0.4 is 11.2 Å². The van der Waals surface area contributed by atoms with Crippen LogP contribution in [0, 0.1) is 0 Å². The van der Waals surface area contributed by atoms with Crippen molar-refractivity contribution in [2.75, 3.05) is 26.3 Å². The van der Waals surface area contributed by atoms with Crippen LogP contribution in [0.1, 0.15) is 38.2 Å². The summed E-state index contributed by atoms with van der Waals surface area (Å²) >= 11 is 0. The molecule has 0 aliphatic carbocycles. The van der Waals surface area contributed by atoms with Crippen LogP contribution in [0.5, 0.6) is 5.88 Å². The van der Waals surface area contributed by atoms with Gasteiger partial charge in [0.2, 0.25) is 5.88 Å². The molecule has 2 N–H and O–H groups in total. The first-order chi connectivity index (χ1) is 11.1. The van der Waals surface area contributed by atoms with Gasteiger partial charge in [-0.25, -0.2) is 4.79 Å². The molecule has 0 amide bonds. The molecule has 2 heterocycles. The highest BCUT2D eigenvalue weighted by atomic mass is 16.5. The Bertz CT molecular complexity index is 644. The second-order valence-electron chi connectivity index (χ2n) is 5.52. The largest absolute Gasteiger partial charge is 0.494 e. The Morgan fingerprint density at radius 3 is 2.70 bits per heavy atom. The molecule has 0 aromatic carbocycles. The lowest BCUT2D eigenvalue weighted by Gasteiger charge is -2.23. The fraction of sp³-hybridized carbons (Fsp3) is 0.667. The van der Waals surface area contributed by atoms with Crippen LogP contribution in [-0.4, -0.2) is 52.2 Å². The standard InChI is InChI=1S/C15H24N4O4/c1-2-3-4-5-6-19-14(21)12(13(20)17-15(19)22)11-16-18-7-9-23-10-8-18/h11,21H,2-10H2,1H3,(H,17,20,22). The van der Waals surface area contributed by atoms with Crippen molar-refractivity contribution in [3.8, 4) is 5.88 Å². The van der Waals surface area contributed by atoms with Crippen molar-refractivity contribution in [3.63, 3.8) is 0 Å². The van der Waals surface area contributed by atoms with E-state index in [0.29, 0.717) is 32.8 Å². The van der Waals surface area contributed by atoms with Gasteiger partial charge in [0.1, 0.15) is 5.56 Å². The number of morpholine rings is 1. The zero-order valence-corrected chi connectivity index (χ0v) is 13.5. The SMILES string of the molecule is CCCCCCn1c(O)c(C=NN2CCOCC2)c(=O)[nH]c1=O. The van der Waals surface area contributed by atoms with Gasteiger partial charge in [-0.1, -0.05) is 26.2 Å². The molecule has 0 saturated carbocycles. The summed E-state index contributed by atoms with van der Waals surface area (Å²) in [5.74, 6) is -0.327. The van der Waals surface area contributed by atoms with Crippen molar-refractivity contribution in [1.82, 2.24) is 14.6 Å². The van der Waals surface area contributed by atoms with Crippen LogP contribution in [0.3, 0.4) is 0 Å². The minimum Gasteiger partial charge on any atom is -0.494 e. The number of hydrogen-bond donors (Lipinski definition) is 2. The van der Waals surface area contributed by atoms with E-state index in [-0.39, 0.29) is 11.4 Å². The van der Waals surface area contributed by atoms with Gasteiger partial charge in [-0.05, 0) is 6.42 Å². The average molecular weight is 324 g/mol. The second kappa shape index (κ2) is 8.52. The second-order valence-corrected chi connectivity index (χ2v) is 5.52. The summed E-state index contributed by atoms with van der Waals surface area (Å²) in [5, 5.41) is 16.2. The summed E-state index contributed by atoms with van der Waals surface area (Å²) in [4.78, 5) is 26.0. The van der Waals surface area contributed by atoms with E-state index < -0.39 is 11.2 Å². The molecule has 0 radical (unpaired) electrons. The summed E-state index contributed by atoms with van der Waals surface area (Å²) in [6.07, 6.45) is 5.21. The van der Waals surface area contributed by atoms with E-state index in [2.05, 4.69) is 17.0 Å². The van der Waals surface area contributed by atoms with Gasteiger partial charge in [-0.15, -0.1) is 0 Å². The summed E-state index contributed by atoms with van der Waals surface area (Å²) in [7, 11) is 0. The van der Waals surface area contributed by atoms with Crippen LogP contribution in [-0.2, 0) is 11.3 Å². The zero-order valence-electron chi connectivity index (χ0n) is 13.5. The van der Waals surface area contributed by atoms with Crippen molar-refractivity contribution >= 4 is 6.21 Å². The zero-order chi connectivity index (χ0) is 16.7. The van der Waals surface area contributed by atoms with E-state index in [1.54, 1.807) is 5.01 Å². The van der Waals surface area contributed by atoms with Crippen LogP contribution in [0.4, 0.5) is 0 Å². The van der Waals surface area contributed by atoms with E-state index in [0.717, 1.165) is 25.7 Å². The Kier molecular flexibility index (Phi) is 6.40. The maximum atomic E-state index is 11.9. The lowest BCUT2D eigenvalue weighted by atomic mass is 10.2. The molecule has 1 saturated heterocycles. The van der Waals surface area contributed by atoms with Gasteiger partial charge < -0.3 is 9.84 Å². The molecule has 23 heavy (non-hydrogen) atoms. The minimum absolute atomic E-state index is 0.00610. The summed E-state index contributed by atoms with van der Waals surface area (Å²) < 4.78 is 6.41. The van der Waals surface area contributed by atoms with Gasteiger partial charge in [-0.3, -0.25) is 19.4 Å². The molecule has 1 aromatic heterocycles. The average Bonchev–Trinajstić information content (AvgIpc) is 2.54. The molecule has 1 aromatic rings. The molecule has 0 bridgehead atoms. The number of H-pyrrole nitrogens is 1. The van der Waals surface area contributed by atoms with E-state index in [4.69, 9.17) is 4.74 Å². The Labute approximate surface area is 134 Å². The molecule has 1 aliphatic rings. The lowest BCUT2D eigenvalue weighted by Crippen LogP contribution is -2.34. The number of aromatic nitrogens is 2. The molecular formula is C15H24N4O4. The Hall–Kier alpha value is -2.09. The molecule has 1 fully saturated rings. The minimum atomic E-state index is -0.630. The van der Waals surface area contributed by atoms with Crippen LogP contribution >= 0.6 is 0 Å². The summed E-state index contributed by atoms with van der Waals surface area (Å²) in [6.45, 7) is 4.90. The van der Waals surface area contributed by atoms with Gasteiger partial charge in [-0.2, -0.15) is 5.10 Å². The lowest BCUT2D eigenvalue weighted by molar-refractivity contribution is 0.0396. The normalized spacial score (nSPS) is 15.4. The number of aromatic hydroxyl groups is 1. The Morgan fingerprint density at radius 1 is 1.26 bits per heavy atom. The molecule has 0 atom stereocenters. The van der Waals surface area contributed by atoms with E-state index in [1.165, 1.54) is 10.8 Å². The third-order valence-electron chi connectivity index (χ3n) is 3.78. The fourth-order valence-corrected chi connectivity index (χ4v) is 2.40. The quantitative estimate of drug-likeness (QED) is 0.561. The number of nitrogens with zero attached hydrogens (tertiary/aromatic N) is 3. The molecule has 1 aliphatic heterocycles. The van der Waals surface area contributed by atoms with E-state index in [1.807, 2.05) is 0 Å². The molecular weight excluding hydrogens is 300 g/mol. The predicted molar refractivity (Wildman–Crippen MR) is 87.1 cm³/mol. The highest BCUT2D eigenvalue weighted by Crippen LogP contribution is 2.10. The number of nitrogens with one attached hydrogen (secondary N) is 1. The van der Waals surface area contributed by atoms with Gasteiger partial charge in [0.25, 0.3) is 5.56 Å². The maximum Gasteiger partial charge on any atom is 0.331 e. The first kappa shape index (κ1) is 17.3. The first-order valence-electron chi connectivity index (χ1n) is 8.06. The van der Waals surface area contributed by atoms with Crippen molar-refractivity contribution in [3.05, 3.63) is 26.4 Å². The van der Waals surface area contributed by atoms with Crippen molar-refractivity contribution in [2.24, 2.45) is 5.10 Å². The third kappa shape index (κ3) is 4.69. The molecule has 0 unspecified atom stereocenters. The van der Waals surface area contributed by atoms with Gasteiger partial charge in [0, 0.05) is 6.54 Å². The van der Waals surface area contributed by atoms with Crippen molar-refractivity contribution in [1.29, 1.82) is 0 Å². The maximum absolute atomic E-state index is 11.9. The molecule has 8 heteroatoms. The summed E-state index contributed by atoms with van der Waals surface area (Å²) in [5.41, 5.74) is -1.21. The Morgan fingerprint density at radius 2 is 2.00 bits per heavy atom. The molecule has 8 nitrogen and oxygen atoms in total. The van der Waals surface area contributed by atoms with Crippen molar-refractivity contribution in [2.45, 2.75) is 39.2 Å². The van der Waals surface area contributed by atoms with Gasteiger partial charge in [0.15, 0.2) is 0 Å². The smallest absolute Gasteiger partial charge is 0.331 e. The number of unbranched alkanes of at least 4 members (excludes halogenated alkanes) is 3. The third-order valence-corrected chi connectivity index (χ3v) is 3.78. The monoisotopic (exact) mass is 324 g/mol. The first-order valence-corrected chi connectivity index (χ1v) is 8.06. The topological polar surface area (TPSA) is 99.9 Å². The molecule has 128 valence electrons. The van der Waals surface area contributed by atoms with Crippen LogP contribution in [0.2, 0.25) is 0 Å². The number of hydrogen-bond acceptors (Lipinski definition) is 6. The molecule has 0 spiro atoms. The van der Waals surface area contributed by atoms with Crippen LogP contribution in [0.25, 0.3) is 0 Å². The van der Waals surface area contributed by atoms with E-state index in [9.17, 15) is 14.7 Å². The number of hydrazone groups is 1. The number of ether oxygens (including phenoxy) is 1. The number of rotatable bonds is 7. The molecule has 2 rings (SSSR count). The number of aromatic amines is 1. The van der Waals surface area contributed by atoms with E-state index >= 15 is 0 Å². The van der Waals surface area contributed by atoms with Crippen molar-refractivity contribution < 1.29 is 9.84 Å². The predicted octanol–water partition coefficient (Wildman–Crippen LogP) is 0.489. The summed E-state index contributed by atoms with van der Waals surface area (Å²) in [6, 6.07) is 0. The highest BCUT2D eigenvalue weighted by Gasteiger charge is 2.13. The fourth-order valence-electron chi connectivity index (χ4n) is 2.40. The van der Waals surface area contributed by atoms with Gasteiger partial charge in [0.05, 0.1) is 32.5 Å².